The summed E-state index contributed by atoms with van der Waals surface area (Å²) in [6.07, 6.45) is 7.41. The van der Waals surface area contributed by atoms with Gasteiger partial charge in [0.05, 0.1) is 12.1 Å². The van der Waals surface area contributed by atoms with Gasteiger partial charge in [0.1, 0.15) is 6.29 Å². The van der Waals surface area contributed by atoms with Crippen LogP contribution in [0.25, 0.3) is 0 Å². The Labute approximate surface area is 90.2 Å². The fourth-order valence-electron chi connectivity index (χ4n) is 4.68. The smallest absolute Gasteiger partial charge is 0.133 e. The second kappa shape index (κ2) is 3.05. The molecule has 3 nitrogen and oxygen atoms in total. The van der Waals surface area contributed by atoms with E-state index in [0.717, 1.165) is 25.5 Å². The van der Waals surface area contributed by atoms with Gasteiger partial charge in [-0.3, -0.25) is 0 Å². The second-order valence-electron chi connectivity index (χ2n) is 6.01. The highest BCUT2D eigenvalue weighted by molar-refractivity contribution is 5.52. The van der Waals surface area contributed by atoms with Crippen LogP contribution >= 0.6 is 0 Å². The first-order valence-corrected chi connectivity index (χ1v) is 6.04. The van der Waals surface area contributed by atoms with Crippen LogP contribution in [0.5, 0.6) is 0 Å². The zero-order chi connectivity index (χ0) is 10.5. The van der Waals surface area contributed by atoms with Crippen molar-refractivity contribution in [3.8, 4) is 0 Å². The lowest BCUT2D eigenvalue weighted by Gasteiger charge is -2.60. The first-order chi connectivity index (χ1) is 7.13. The molecule has 84 valence electrons. The highest BCUT2D eigenvalue weighted by atomic mass is 16.3. The Morgan fingerprint density at radius 2 is 1.93 bits per heavy atom. The zero-order valence-electron chi connectivity index (χ0n) is 9.04. The minimum absolute atomic E-state index is 0.0831. The third-order valence-electron chi connectivity index (χ3n) is 4.59. The molecule has 2 unspecified atom stereocenters. The maximum absolute atomic E-state index is 10.5. The summed E-state index contributed by atoms with van der Waals surface area (Å²) >= 11 is 0. The van der Waals surface area contributed by atoms with Crippen molar-refractivity contribution in [1.29, 1.82) is 0 Å². The molecule has 4 aliphatic rings. The van der Waals surface area contributed by atoms with E-state index in [1.165, 1.54) is 19.3 Å². The first kappa shape index (κ1) is 9.79. The summed E-state index contributed by atoms with van der Waals surface area (Å²) in [5, 5.41) is 13.8. The summed E-state index contributed by atoms with van der Waals surface area (Å²) in [4.78, 5) is 10.5. The largest absolute Gasteiger partial charge is 0.390 e. The molecule has 4 saturated carbocycles. The molecule has 0 saturated heterocycles. The van der Waals surface area contributed by atoms with Crippen molar-refractivity contribution in [3.05, 3.63) is 0 Å². The molecule has 3 heteroatoms. The van der Waals surface area contributed by atoms with E-state index in [4.69, 9.17) is 0 Å². The molecule has 0 radical (unpaired) electrons. The molecule has 4 bridgehead atoms. The lowest BCUT2D eigenvalue weighted by atomic mass is 9.51. The monoisotopic (exact) mass is 209 g/mol. The third-order valence-corrected chi connectivity index (χ3v) is 4.59. The van der Waals surface area contributed by atoms with Gasteiger partial charge >= 0.3 is 0 Å². The number of carbonyl (C=O) groups excluding carboxylic acids is 1. The van der Waals surface area contributed by atoms with Crippen LogP contribution in [0.4, 0.5) is 0 Å². The molecule has 0 spiro atoms. The number of aliphatic hydroxyl groups is 1. The van der Waals surface area contributed by atoms with E-state index in [2.05, 4.69) is 5.32 Å². The molecule has 0 aromatic carbocycles. The number of carbonyl (C=O) groups is 1. The van der Waals surface area contributed by atoms with E-state index in [1.54, 1.807) is 0 Å². The highest BCUT2D eigenvalue weighted by Crippen LogP contribution is 2.57. The van der Waals surface area contributed by atoms with E-state index in [0.29, 0.717) is 18.4 Å². The molecule has 2 N–H and O–H groups in total. The molecule has 0 heterocycles. The average Bonchev–Trinajstić information content (AvgIpc) is 2.10. The van der Waals surface area contributed by atoms with Crippen LogP contribution in [0.15, 0.2) is 0 Å². The summed E-state index contributed by atoms with van der Waals surface area (Å²) < 4.78 is 0. The Morgan fingerprint density at radius 1 is 1.27 bits per heavy atom. The molecule has 0 aliphatic heterocycles. The summed E-state index contributed by atoms with van der Waals surface area (Å²) in [6, 6.07) is 0. The zero-order valence-corrected chi connectivity index (χ0v) is 9.04. The molecule has 0 aromatic rings. The van der Waals surface area contributed by atoms with Crippen LogP contribution in [-0.4, -0.2) is 29.1 Å². The lowest BCUT2D eigenvalue weighted by molar-refractivity contribution is -0.143. The van der Waals surface area contributed by atoms with Crippen molar-refractivity contribution in [2.45, 2.75) is 49.7 Å². The highest BCUT2D eigenvalue weighted by Gasteiger charge is 2.56. The van der Waals surface area contributed by atoms with Gasteiger partial charge < -0.3 is 15.2 Å². The fourth-order valence-corrected chi connectivity index (χ4v) is 4.68. The molecular formula is C12H19NO2. The van der Waals surface area contributed by atoms with E-state index < -0.39 is 5.60 Å². The van der Waals surface area contributed by atoms with Gasteiger partial charge in [0.15, 0.2) is 0 Å². The van der Waals surface area contributed by atoms with Crippen LogP contribution < -0.4 is 5.32 Å². The van der Waals surface area contributed by atoms with Gasteiger partial charge in [0.25, 0.3) is 0 Å². The quantitative estimate of drug-likeness (QED) is 0.678. The van der Waals surface area contributed by atoms with Gasteiger partial charge in [-0.2, -0.15) is 0 Å². The van der Waals surface area contributed by atoms with Gasteiger partial charge in [-0.25, -0.2) is 0 Å². The van der Waals surface area contributed by atoms with Crippen molar-refractivity contribution < 1.29 is 9.90 Å². The number of nitrogens with one attached hydrogen (secondary N) is 1. The molecule has 0 aromatic heterocycles. The van der Waals surface area contributed by atoms with E-state index >= 15 is 0 Å². The maximum atomic E-state index is 10.5. The fraction of sp³-hybridized carbons (Fsp3) is 0.917. The first-order valence-electron chi connectivity index (χ1n) is 6.04. The third kappa shape index (κ3) is 1.53. The lowest BCUT2D eigenvalue weighted by Crippen LogP contribution is -2.64. The summed E-state index contributed by atoms with van der Waals surface area (Å²) in [5.41, 5.74) is -0.334. The Balaban J connectivity index is 1.83. The Bertz CT molecular complexity index is 275. The van der Waals surface area contributed by atoms with E-state index in [9.17, 15) is 9.90 Å². The van der Waals surface area contributed by atoms with E-state index in [1.807, 2.05) is 0 Å². The van der Waals surface area contributed by atoms with Crippen molar-refractivity contribution in [1.82, 2.24) is 5.32 Å². The second-order valence-corrected chi connectivity index (χ2v) is 6.01. The number of aldehydes is 1. The van der Waals surface area contributed by atoms with Gasteiger partial charge in [-0.1, -0.05) is 0 Å². The topological polar surface area (TPSA) is 49.3 Å². The van der Waals surface area contributed by atoms with Gasteiger partial charge in [0.2, 0.25) is 0 Å². The van der Waals surface area contributed by atoms with Crippen molar-refractivity contribution >= 4 is 6.29 Å². The van der Waals surface area contributed by atoms with Gasteiger partial charge in [0, 0.05) is 5.54 Å². The Morgan fingerprint density at radius 3 is 2.47 bits per heavy atom. The predicted molar refractivity (Wildman–Crippen MR) is 56.4 cm³/mol. The van der Waals surface area contributed by atoms with Crippen LogP contribution in [0, 0.1) is 11.8 Å². The van der Waals surface area contributed by atoms with Crippen LogP contribution in [0.3, 0.4) is 0 Å². The molecule has 15 heavy (non-hydrogen) atoms. The van der Waals surface area contributed by atoms with Crippen LogP contribution in [0.2, 0.25) is 0 Å². The normalized spacial score (nSPS) is 52.1. The Hall–Kier alpha value is -0.410. The van der Waals surface area contributed by atoms with E-state index in [-0.39, 0.29) is 5.54 Å². The molecule has 0 amide bonds. The molecule has 2 atom stereocenters. The minimum atomic E-state index is -0.417. The maximum Gasteiger partial charge on any atom is 0.133 e. The van der Waals surface area contributed by atoms with Crippen LogP contribution in [0.1, 0.15) is 38.5 Å². The average molecular weight is 209 g/mol. The molecular weight excluding hydrogens is 190 g/mol. The summed E-state index contributed by atoms with van der Waals surface area (Å²) in [6.45, 7) is 0.440. The van der Waals surface area contributed by atoms with Crippen molar-refractivity contribution in [2.75, 3.05) is 6.54 Å². The summed E-state index contributed by atoms with van der Waals surface area (Å²) in [7, 11) is 0. The van der Waals surface area contributed by atoms with Gasteiger partial charge in [-0.05, 0) is 50.4 Å². The number of hydrogen-bond donors (Lipinski definition) is 2. The van der Waals surface area contributed by atoms with Crippen LogP contribution in [-0.2, 0) is 4.79 Å². The standard InChI is InChI=1S/C12H19NO2/c14-2-1-13-11-4-9-3-10(5-11)7-12(15,6-9)8-11/h2,9-10,13,15H,1,3-8H2. The Kier molecular flexibility index (Phi) is 1.99. The van der Waals surface area contributed by atoms with Crippen molar-refractivity contribution in [3.63, 3.8) is 0 Å². The number of hydrogen-bond acceptors (Lipinski definition) is 3. The predicted octanol–water partition coefficient (Wildman–Crippen LogP) is 0.859. The molecule has 4 aliphatic carbocycles. The SMILES string of the molecule is O=CCNC12CC3CC(CC(O)(C3)C1)C2. The minimum Gasteiger partial charge on any atom is -0.390 e. The van der Waals surface area contributed by atoms with Gasteiger partial charge in [-0.15, -0.1) is 0 Å². The molecule has 4 rings (SSSR count). The van der Waals surface area contributed by atoms with Crippen molar-refractivity contribution in [2.24, 2.45) is 11.8 Å². The number of rotatable bonds is 3. The summed E-state index contributed by atoms with van der Waals surface area (Å²) in [5.74, 6) is 1.38. The molecule has 4 fully saturated rings.